The summed E-state index contributed by atoms with van der Waals surface area (Å²) >= 11 is 9.40. The third-order valence-electron chi connectivity index (χ3n) is 2.05. The van der Waals surface area contributed by atoms with Gasteiger partial charge in [0.2, 0.25) is 0 Å². The predicted octanol–water partition coefficient (Wildman–Crippen LogP) is 3.16. The van der Waals surface area contributed by atoms with E-state index in [0.29, 0.717) is 22.1 Å². The van der Waals surface area contributed by atoms with Crippen molar-refractivity contribution in [3.05, 3.63) is 49.8 Å². The zero-order chi connectivity index (χ0) is 11.7. The zero-order valence-corrected chi connectivity index (χ0v) is 10.8. The first kappa shape index (κ1) is 11.4. The first-order chi connectivity index (χ1) is 7.56. The third kappa shape index (κ3) is 2.33. The molecule has 0 fully saturated rings. The lowest BCUT2D eigenvalue weighted by atomic mass is 10.2. The molecule has 0 radical (unpaired) electrons. The Morgan fingerprint density at radius 1 is 1.38 bits per heavy atom. The summed E-state index contributed by atoms with van der Waals surface area (Å²) in [6, 6.07) is 6.85. The number of rotatable bonds is 1. The minimum absolute atomic E-state index is 0.182. The predicted molar refractivity (Wildman–Crippen MR) is 67.7 cm³/mol. The van der Waals surface area contributed by atoms with Gasteiger partial charge in [0.25, 0.3) is 5.56 Å². The maximum Gasteiger partial charge on any atom is 0.251 e. The standard InChI is InChI=1S/C11H8BrClN2O/c1-6-4-10(16)15-11(14-6)8-5-7(12)2-3-9(8)13/h2-5H,1H3,(H,14,15,16). The van der Waals surface area contributed by atoms with Crippen LogP contribution in [0, 0.1) is 6.92 Å². The van der Waals surface area contributed by atoms with Crippen molar-refractivity contribution in [1.82, 2.24) is 9.97 Å². The number of H-pyrrole nitrogens is 1. The highest BCUT2D eigenvalue weighted by Crippen LogP contribution is 2.27. The van der Waals surface area contributed by atoms with Crippen LogP contribution >= 0.6 is 27.5 Å². The van der Waals surface area contributed by atoms with Crippen LogP contribution in [0.4, 0.5) is 0 Å². The molecule has 82 valence electrons. The van der Waals surface area contributed by atoms with Gasteiger partial charge in [-0.2, -0.15) is 0 Å². The van der Waals surface area contributed by atoms with Crippen LogP contribution < -0.4 is 5.56 Å². The number of aromatic nitrogens is 2. The van der Waals surface area contributed by atoms with E-state index in [2.05, 4.69) is 25.9 Å². The first-order valence-corrected chi connectivity index (χ1v) is 5.77. The van der Waals surface area contributed by atoms with E-state index in [4.69, 9.17) is 11.6 Å². The number of hydrogen-bond acceptors (Lipinski definition) is 2. The summed E-state index contributed by atoms with van der Waals surface area (Å²) in [4.78, 5) is 18.2. The highest BCUT2D eigenvalue weighted by molar-refractivity contribution is 9.10. The van der Waals surface area contributed by atoms with E-state index in [-0.39, 0.29) is 5.56 Å². The van der Waals surface area contributed by atoms with E-state index in [1.54, 1.807) is 13.0 Å². The summed E-state index contributed by atoms with van der Waals surface area (Å²) in [5.74, 6) is 0.483. The van der Waals surface area contributed by atoms with Crippen molar-refractivity contribution in [2.24, 2.45) is 0 Å². The first-order valence-electron chi connectivity index (χ1n) is 4.59. The number of halogens is 2. The molecule has 2 rings (SSSR count). The monoisotopic (exact) mass is 298 g/mol. The van der Waals surface area contributed by atoms with Crippen LogP contribution in [0.25, 0.3) is 11.4 Å². The van der Waals surface area contributed by atoms with Crippen molar-refractivity contribution in [1.29, 1.82) is 0 Å². The van der Waals surface area contributed by atoms with E-state index in [0.717, 1.165) is 4.47 Å². The van der Waals surface area contributed by atoms with Gasteiger partial charge in [-0.15, -0.1) is 0 Å². The van der Waals surface area contributed by atoms with Crippen LogP contribution in [-0.4, -0.2) is 9.97 Å². The van der Waals surface area contributed by atoms with Gasteiger partial charge in [0.05, 0.1) is 5.02 Å². The number of aromatic amines is 1. The molecule has 0 saturated carbocycles. The smallest absolute Gasteiger partial charge is 0.251 e. The minimum Gasteiger partial charge on any atom is -0.306 e. The fraction of sp³-hybridized carbons (Fsp3) is 0.0909. The van der Waals surface area contributed by atoms with Crippen LogP contribution in [0.15, 0.2) is 33.5 Å². The second-order valence-corrected chi connectivity index (χ2v) is 4.68. The van der Waals surface area contributed by atoms with Gasteiger partial charge in [-0.3, -0.25) is 4.79 Å². The van der Waals surface area contributed by atoms with Crippen molar-refractivity contribution >= 4 is 27.5 Å². The van der Waals surface area contributed by atoms with Crippen LogP contribution in [0.3, 0.4) is 0 Å². The lowest BCUT2D eigenvalue weighted by molar-refractivity contribution is 1.07. The van der Waals surface area contributed by atoms with Gasteiger partial charge in [-0.1, -0.05) is 27.5 Å². The van der Waals surface area contributed by atoms with E-state index in [9.17, 15) is 4.79 Å². The maximum atomic E-state index is 11.3. The Hall–Kier alpha value is -1.13. The largest absolute Gasteiger partial charge is 0.306 e. The molecule has 3 nitrogen and oxygen atoms in total. The molecule has 5 heteroatoms. The topological polar surface area (TPSA) is 45.8 Å². The molecule has 0 unspecified atom stereocenters. The Morgan fingerprint density at radius 2 is 2.12 bits per heavy atom. The van der Waals surface area contributed by atoms with E-state index in [1.807, 2.05) is 12.1 Å². The second-order valence-electron chi connectivity index (χ2n) is 3.36. The number of aryl methyl sites for hydroxylation is 1. The normalized spacial score (nSPS) is 10.4. The molecule has 0 saturated heterocycles. The average molecular weight is 300 g/mol. The number of hydrogen-bond donors (Lipinski definition) is 1. The van der Waals surface area contributed by atoms with Crippen molar-refractivity contribution in [3.8, 4) is 11.4 Å². The van der Waals surface area contributed by atoms with Crippen molar-refractivity contribution < 1.29 is 0 Å². The third-order valence-corrected chi connectivity index (χ3v) is 2.88. The van der Waals surface area contributed by atoms with Crippen molar-refractivity contribution in [3.63, 3.8) is 0 Å². The molecule has 1 N–H and O–H groups in total. The molecule has 0 spiro atoms. The van der Waals surface area contributed by atoms with Crippen LogP contribution in [0.2, 0.25) is 5.02 Å². The molecule has 1 heterocycles. The quantitative estimate of drug-likeness (QED) is 0.879. The molecule has 0 bridgehead atoms. The molecule has 0 atom stereocenters. The Bertz CT molecular complexity index is 595. The van der Waals surface area contributed by atoms with Crippen LogP contribution in [-0.2, 0) is 0 Å². The van der Waals surface area contributed by atoms with Crippen molar-refractivity contribution in [2.75, 3.05) is 0 Å². The van der Waals surface area contributed by atoms with Gasteiger partial charge >= 0.3 is 0 Å². The minimum atomic E-state index is -0.182. The Labute approximate surface area is 106 Å². The van der Waals surface area contributed by atoms with Crippen LogP contribution in [0.1, 0.15) is 5.69 Å². The fourth-order valence-corrected chi connectivity index (χ4v) is 1.95. The highest BCUT2D eigenvalue weighted by Gasteiger charge is 2.07. The molecule has 1 aromatic heterocycles. The van der Waals surface area contributed by atoms with Gasteiger partial charge in [0.1, 0.15) is 5.82 Å². The summed E-state index contributed by atoms with van der Waals surface area (Å²) in [5, 5.41) is 0.553. The van der Waals surface area contributed by atoms with Crippen molar-refractivity contribution in [2.45, 2.75) is 6.92 Å². The lowest BCUT2D eigenvalue weighted by Gasteiger charge is -2.04. The van der Waals surface area contributed by atoms with Gasteiger partial charge in [-0.05, 0) is 25.1 Å². The Balaban J connectivity index is 2.66. The van der Waals surface area contributed by atoms with E-state index in [1.165, 1.54) is 6.07 Å². The van der Waals surface area contributed by atoms with Gasteiger partial charge in [0.15, 0.2) is 0 Å². The van der Waals surface area contributed by atoms with Gasteiger partial charge < -0.3 is 4.98 Å². The summed E-state index contributed by atoms with van der Waals surface area (Å²) in [7, 11) is 0. The Kier molecular flexibility index (Phi) is 3.12. The summed E-state index contributed by atoms with van der Waals surface area (Å²) in [6.07, 6.45) is 0. The van der Waals surface area contributed by atoms with Gasteiger partial charge in [-0.25, -0.2) is 4.98 Å². The fourth-order valence-electron chi connectivity index (χ4n) is 1.39. The molecule has 0 aliphatic rings. The number of benzene rings is 1. The van der Waals surface area contributed by atoms with E-state index < -0.39 is 0 Å². The number of nitrogens with zero attached hydrogens (tertiary/aromatic N) is 1. The molecule has 16 heavy (non-hydrogen) atoms. The number of nitrogens with one attached hydrogen (secondary N) is 1. The van der Waals surface area contributed by atoms with E-state index >= 15 is 0 Å². The average Bonchev–Trinajstić information content (AvgIpc) is 2.20. The zero-order valence-electron chi connectivity index (χ0n) is 8.42. The summed E-state index contributed by atoms with van der Waals surface area (Å²) in [6.45, 7) is 1.77. The molecular weight excluding hydrogens is 291 g/mol. The Morgan fingerprint density at radius 3 is 2.81 bits per heavy atom. The second kappa shape index (κ2) is 4.39. The SMILES string of the molecule is Cc1cc(=O)[nH]c(-c2cc(Br)ccc2Cl)n1. The molecule has 0 aliphatic heterocycles. The highest BCUT2D eigenvalue weighted by atomic mass is 79.9. The maximum absolute atomic E-state index is 11.3. The summed E-state index contributed by atoms with van der Waals surface area (Å²) < 4.78 is 0.885. The summed E-state index contributed by atoms with van der Waals surface area (Å²) in [5.41, 5.74) is 1.19. The molecule has 1 aromatic carbocycles. The molecule has 0 amide bonds. The van der Waals surface area contributed by atoms with Gasteiger partial charge in [0, 0.05) is 21.8 Å². The van der Waals surface area contributed by atoms with Crippen LogP contribution in [0.5, 0.6) is 0 Å². The lowest BCUT2D eigenvalue weighted by Crippen LogP contribution is -2.08. The molecule has 0 aliphatic carbocycles. The molecular formula is C11H8BrClN2O. The molecule has 2 aromatic rings.